The van der Waals surface area contributed by atoms with Crippen LogP contribution in [0.5, 0.6) is 0 Å². The van der Waals surface area contributed by atoms with Crippen molar-refractivity contribution in [3.8, 4) is 0 Å². The SMILES string of the molecule is Cc1ccc2[nH]nc(C(=O)N3CCCN(S(=O)(=O)c4c(C)noc4C)CC3)c2c1. The van der Waals surface area contributed by atoms with Crippen LogP contribution >= 0.6 is 0 Å². The Morgan fingerprint density at radius 2 is 1.93 bits per heavy atom. The van der Waals surface area contributed by atoms with E-state index >= 15 is 0 Å². The number of fused-ring (bicyclic) bond motifs is 1. The maximum absolute atomic E-state index is 13.1. The molecule has 1 aliphatic rings. The lowest BCUT2D eigenvalue weighted by molar-refractivity contribution is 0.0760. The Balaban J connectivity index is 1.56. The van der Waals surface area contributed by atoms with Gasteiger partial charge in [0.05, 0.1) is 5.52 Å². The van der Waals surface area contributed by atoms with Gasteiger partial charge in [-0.3, -0.25) is 9.89 Å². The van der Waals surface area contributed by atoms with E-state index in [9.17, 15) is 13.2 Å². The fourth-order valence-electron chi connectivity index (χ4n) is 3.75. The number of aromatic nitrogens is 3. The van der Waals surface area contributed by atoms with Crippen LogP contribution in [0, 0.1) is 20.8 Å². The first kappa shape index (κ1) is 19.6. The van der Waals surface area contributed by atoms with Crippen molar-refractivity contribution in [2.75, 3.05) is 26.2 Å². The number of hydrogen-bond donors (Lipinski definition) is 1. The van der Waals surface area contributed by atoms with Gasteiger partial charge in [0.2, 0.25) is 10.0 Å². The van der Waals surface area contributed by atoms with E-state index in [4.69, 9.17) is 4.52 Å². The maximum Gasteiger partial charge on any atom is 0.275 e. The van der Waals surface area contributed by atoms with Crippen LogP contribution in [0.15, 0.2) is 27.6 Å². The summed E-state index contributed by atoms with van der Waals surface area (Å²) in [5.74, 6) is 0.0801. The molecule has 10 heteroatoms. The molecule has 3 aromatic rings. The number of aryl methyl sites for hydroxylation is 3. The van der Waals surface area contributed by atoms with Gasteiger partial charge in [-0.1, -0.05) is 16.8 Å². The molecule has 0 saturated carbocycles. The molecule has 1 aliphatic heterocycles. The Morgan fingerprint density at radius 1 is 1.14 bits per heavy atom. The molecule has 1 N–H and O–H groups in total. The third-order valence-electron chi connectivity index (χ3n) is 5.23. The van der Waals surface area contributed by atoms with E-state index in [0.29, 0.717) is 37.4 Å². The second kappa shape index (κ2) is 7.27. The van der Waals surface area contributed by atoms with E-state index in [-0.39, 0.29) is 23.1 Å². The van der Waals surface area contributed by atoms with Crippen molar-refractivity contribution in [1.82, 2.24) is 24.6 Å². The fraction of sp³-hybridized carbons (Fsp3) is 0.421. The standard InChI is InChI=1S/C19H23N5O4S/c1-12-5-6-16-15(11-12)17(21-20-16)19(25)23-7-4-8-24(10-9-23)29(26,27)18-13(2)22-28-14(18)3/h5-6,11H,4,7-10H2,1-3H3,(H,20,21). The molecule has 2 aromatic heterocycles. The summed E-state index contributed by atoms with van der Waals surface area (Å²) in [5, 5.41) is 11.6. The molecule has 1 fully saturated rings. The van der Waals surface area contributed by atoms with E-state index in [0.717, 1.165) is 16.5 Å². The number of rotatable bonds is 3. The summed E-state index contributed by atoms with van der Waals surface area (Å²) in [7, 11) is -3.73. The van der Waals surface area contributed by atoms with Crippen LogP contribution in [0.2, 0.25) is 0 Å². The molecule has 0 bridgehead atoms. The molecule has 0 aliphatic carbocycles. The average Bonchev–Trinajstić information content (AvgIpc) is 3.13. The molecule has 3 heterocycles. The Labute approximate surface area is 168 Å². The summed E-state index contributed by atoms with van der Waals surface area (Å²) >= 11 is 0. The first-order valence-corrected chi connectivity index (χ1v) is 10.9. The van der Waals surface area contributed by atoms with Crippen molar-refractivity contribution in [2.45, 2.75) is 32.1 Å². The zero-order chi connectivity index (χ0) is 20.8. The number of nitrogens with zero attached hydrogens (tertiary/aromatic N) is 4. The minimum atomic E-state index is -3.73. The van der Waals surface area contributed by atoms with Gasteiger partial charge in [0.15, 0.2) is 11.5 Å². The smallest absolute Gasteiger partial charge is 0.275 e. The van der Waals surface area contributed by atoms with Crippen molar-refractivity contribution < 1.29 is 17.7 Å². The summed E-state index contributed by atoms with van der Waals surface area (Å²) < 4.78 is 32.6. The summed E-state index contributed by atoms with van der Waals surface area (Å²) in [4.78, 5) is 14.9. The Bertz CT molecular complexity index is 1160. The topological polar surface area (TPSA) is 112 Å². The highest BCUT2D eigenvalue weighted by molar-refractivity contribution is 7.89. The summed E-state index contributed by atoms with van der Waals surface area (Å²) in [6.07, 6.45) is 0.537. The van der Waals surface area contributed by atoms with Gasteiger partial charge in [-0.05, 0) is 39.3 Å². The van der Waals surface area contributed by atoms with Gasteiger partial charge in [-0.2, -0.15) is 9.40 Å². The molecule has 0 atom stereocenters. The number of hydrogen-bond acceptors (Lipinski definition) is 6. The van der Waals surface area contributed by atoms with E-state index in [2.05, 4.69) is 15.4 Å². The van der Waals surface area contributed by atoms with Crippen molar-refractivity contribution in [2.24, 2.45) is 0 Å². The number of amides is 1. The number of aromatic amines is 1. The van der Waals surface area contributed by atoms with Gasteiger partial charge in [0, 0.05) is 31.6 Å². The van der Waals surface area contributed by atoms with Crippen molar-refractivity contribution in [3.05, 3.63) is 40.9 Å². The molecule has 154 valence electrons. The second-order valence-electron chi connectivity index (χ2n) is 7.32. The molecule has 0 spiro atoms. The lowest BCUT2D eigenvalue weighted by atomic mass is 10.1. The van der Waals surface area contributed by atoms with Gasteiger partial charge in [-0.15, -0.1) is 0 Å². The molecule has 0 radical (unpaired) electrons. The highest BCUT2D eigenvalue weighted by atomic mass is 32.2. The number of carbonyl (C=O) groups is 1. The Hall–Kier alpha value is -2.72. The van der Waals surface area contributed by atoms with Crippen LogP contribution < -0.4 is 0 Å². The Morgan fingerprint density at radius 3 is 2.66 bits per heavy atom. The van der Waals surface area contributed by atoms with Crippen molar-refractivity contribution >= 4 is 26.8 Å². The van der Waals surface area contributed by atoms with Crippen LogP contribution in [0.3, 0.4) is 0 Å². The highest BCUT2D eigenvalue weighted by Crippen LogP contribution is 2.25. The minimum Gasteiger partial charge on any atom is -0.360 e. The van der Waals surface area contributed by atoms with Crippen LogP contribution in [0.4, 0.5) is 0 Å². The van der Waals surface area contributed by atoms with Gasteiger partial charge >= 0.3 is 0 Å². The molecule has 1 saturated heterocycles. The average molecular weight is 417 g/mol. The predicted octanol–water partition coefficient (Wildman–Crippen LogP) is 2.01. The van der Waals surface area contributed by atoms with E-state index in [1.54, 1.807) is 18.7 Å². The number of H-pyrrole nitrogens is 1. The molecular weight excluding hydrogens is 394 g/mol. The molecule has 1 aromatic carbocycles. The van der Waals surface area contributed by atoms with Gasteiger partial charge in [0.1, 0.15) is 10.6 Å². The molecule has 4 rings (SSSR count). The lowest BCUT2D eigenvalue weighted by Gasteiger charge is -2.21. The zero-order valence-electron chi connectivity index (χ0n) is 16.6. The van der Waals surface area contributed by atoms with Gasteiger partial charge < -0.3 is 9.42 Å². The summed E-state index contributed by atoms with van der Waals surface area (Å²) in [5.41, 5.74) is 2.56. The van der Waals surface area contributed by atoms with E-state index in [1.807, 2.05) is 25.1 Å². The quantitative estimate of drug-likeness (QED) is 0.698. The largest absolute Gasteiger partial charge is 0.360 e. The molecule has 1 amide bonds. The number of carbonyl (C=O) groups excluding carboxylic acids is 1. The normalized spacial score (nSPS) is 16.3. The number of sulfonamides is 1. The van der Waals surface area contributed by atoms with E-state index in [1.165, 1.54) is 4.31 Å². The molecule has 29 heavy (non-hydrogen) atoms. The maximum atomic E-state index is 13.1. The number of benzene rings is 1. The number of nitrogens with one attached hydrogen (secondary N) is 1. The Kier molecular flexibility index (Phi) is 4.91. The zero-order valence-corrected chi connectivity index (χ0v) is 17.4. The third-order valence-corrected chi connectivity index (χ3v) is 7.37. The van der Waals surface area contributed by atoms with Crippen LogP contribution in [0.1, 0.15) is 33.9 Å². The fourth-order valence-corrected chi connectivity index (χ4v) is 5.51. The summed E-state index contributed by atoms with van der Waals surface area (Å²) in [6, 6.07) is 5.78. The second-order valence-corrected chi connectivity index (χ2v) is 9.20. The predicted molar refractivity (Wildman–Crippen MR) is 106 cm³/mol. The van der Waals surface area contributed by atoms with Crippen molar-refractivity contribution in [3.63, 3.8) is 0 Å². The highest BCUT2D eigenvalue weighted by Gasteiger charge is 2.33. The third kappa shape index (κ3) is 3.42. The monoisotopic (exact) mass is 417 g/mol. The molecule has 9 nitrogen and oxygen atoms in total. The van der Waals surface area contributed by atoms with Crippen molar-refractivity contribution in [1.29, 1.82) is 0 Å². The molecule has 0 unspecified atom stereocenters. The summed E-state index contributed by atoms with van der Waals surface area (Å²) in [6.45, 7) is 6.46. The van der Waals surface area contributed by atoms with Gasteiger partial charge in [-0.25, -0.2) is 8.42 Å². The molecular formula is C19H23N5O4S. The van der Waals surface area contributed by atoms with Crippen LogP contribution in [0.25, 0.3) is 10.9 Å². The van der Waals surface area contributed by atoms with E-state index < -0.39 is 10.0 Å². The first-order valence-electron chi connectivity index (χ1n) is 9.46. The van der Waals surface area contributed by atoms with Crippen LogP contribution in [-0.2, 0) is 10.0 Å². The lowest BCUT2D eigenvalue weighted by Crippen LogP contribution is -2.37. The van der Waals surface area contributed by atoms with Crippen LogP contribution in [-0.4, -0.2) is 65.1 Å². The van der Waals surface area contributed by atoms with Gasteiger partial charge in [0.25, 0.3) is 5.91 Å². The first-order chi connectivity index (χ1) is 13.8. The minimum absolute atomic E-state index is 0.117.